The quantitative estimate of drug-likeness (QED) is 0.235. The number of hydrogen-bond acceptors (Lipinski definition) is 4. The summed E-state index contributed by atoms with van der Waals surface area (Å²) in [5.41, 5.74) is 2.61. The predicted molar refractivity (Wildman–Crippen MR) is 183 cm³/mol. The number of amides is 2. The number of nitrogens with zero attached hydrogens (tertiary/aromatic N) is 2. The Bertz CT molecular complexity index is 1550. The molecule has 4 rings (SSSR count). The number of nitrogens with one attached hydrogen (secondary N) is 1. The van der Waals surface area contributed by atoms with Crippen LogP contribution >= 0.6 is 23.2 Å². The van der Waals surface area contributed by atoms with Gasteiger partial charge in [0, 0.05) is 34.6 Å². The van der Waals surface area contributed by atoms with E-state index in [1.165, 1.54) is 4.90 Å². The van der Waals surface area contributed by atoms with E-state index in [1.54, 1.807) is 30.3 Å². The zero-order valence-electron chi connectivity index (χ0n) is 26.4. The third kappa shape index (κ3) is 9.47. The molecule has 1 fully saturated rings. The van der Waals surface area contributed by atoms with Crippen molar-refractivity contribution in [3.8, 4) is 0 Å². The molecule has 0 aromatic heterocycles. The smallest absolute Gasteiger partial charge is 0.244 e. The fourth-order valence-electron chi connectivity index (χ4n) is 5.69. The van der Waals surface area contributed by atoms with Crippen LogP contribution in [0.15, 0.2) is 72.8 Å². The summed E-state index contributed by atoms with van der Waals surface area (Å²) >= 11 is 13.1. The molecule has 242 valence electrons. The molecule has 0 spiro atoms. The van der Waals surface area contributed by atoms with E-state index in [-0.39, 0.29) is 30.3 Å². The first kappa shape index (κ1) is 34.8. The SMILES string of the molecule is CC(C)(C)c1ccc(N(CC(=O)N(Cc2c(Cl)cccc2Cl)[C@H](Cc2ccccc2)C(=O)NC2CCCCC2)S(C)(=O)=O)cc1. The molecule has 0 radical (unpaired) electrons. The largest absolute Gasteiger partial charge is 0.352 e. The van der Waals surface area contributed by atoms with Crippen LogP contribution in [0, 0.1) is 0 Å². The maximum atomic E-state index is 14.4. The van der Waals surface area contributed by atoms with Crippen LogP contribution in [-0.4, -0.2) is 50.0 Å². The maximum Gasteiger partial charge on any atom is 0.244 e. The molecular weight excluding hydrogens is 629 g/mol. The van der Waals surface area contributed by atoms with Gasteiger partial charge < -0.3 is 10.2 Å². The molecule has 45 heavy (non-hydrogen) atoms. The first-order chi connectivity index (χ1) is 21.2. The third-order valence-electron chi connectivity index (χ3n) is 8.31. The molecule has 0 heterocycles. The number of sulfonamides is 1. The summed E-state index contributed by atoms with van der Waals surface area (Å²) in [4.78, 5) is 29.9. The van der Waals surface area contributed by atoms with Crippen molar-refractivity contribution in [2.24, 2.45) is 0 Å². The van der Waals surface area contributed by atoms with Gasteiger partial charge in [-0.15, -0.1) is 0 Å². The summed E-state index contributed by atoms with van der Waals surface area (Å²) in [6.45, 7) is 5.64. The summed E-state index contributed by atoms with van der Waals surface area (Å²) in [7, 11) is -3.88. The monoisotopic (exact) mass is 671 g/mol. The second-order valence-electron chi connectivity index (χ2n) is 12.8. The minimum absolute atomic E-state index is 0.0132. The van der Waals surface area contributed by atoms with Crippen molar-refractivity contribution in [2.75, 3.05) is 17.1 Å². The van der Waals surface area contributed by atoms with Crippen LogP contribution in [0.3, 0.4) is 0 Å². The Morgan fingerprint density at radius 1 is 0.889 bits per heavy atom. The molecule has 2 amide bonds. The van der Waals surface area contributed by atoms with Gasteiger partial charge in [0.15, 0.2) is 0 Å². The average molecular weight is 673 g/mol. The zero-order chi connectivity index (χ0) is 32.8. The molecular formula is C35H43Cl2N3O4S. The van der Waals surface area contributed by atoms with E-state index in [2.05, 4.69) is 26.1 Å². The van der Waals surface area contributed by atoms with Gasteiger partial charge in [0.1, 0.15) is 12.6 Å². The molecule has 1 aliphatic rings. The lowest BCUT2D eigenvalue weighted by molar-refractivity contribution is -0.140. The van der Waals surface area contributed by atoms with E-state index in [9.17, 15) is 18.0 Å². The van der Waals surface area contributed by atoms with Gasteiger partial charge in [-0.25, -0.2) is 8.42 Å². The molecule has 1 aliphatic carbocycles. The molecule has 1 saturated carbocycles. The molecule has 0 saturated heterocycles. The van der Waals surface area contributed by atoms with Crippen molar-refractivity contribution in [1.29, 1.82) is 0 Å². The van der Waals surface area contributed by atoms with Gasteiger partial charge in [-0.1, -0.05) is 112 Å². The Hall–Kier alpha value is -3.07. The Balaban J connectivity index is 1.75. The third-order valence-corrected chi connectivity index (χ3v) is 10.2. The van der Waals surface area contributed by atoms with Crippen molar-refractivity contribution in [3.63, 3.8) is 0 Å². The Kier molecular flexibility index (Phi) is 11.6. The summed E-state index contributed by atoms with van der Waals surface area (Å²) in [5.74, 6) is -0.834. The van der Waals surface area contributed by atoms with Crippen LogP contribution in [0.1, 0.15) is 69.6 Å². The van der Waals surface area contributed by atoms with E-state index in [0.717, 1.165) is 53.8 Å². The normalized spacial score (nSPS) is 14.9. The first-order valence-electron chi connectivity index (χ1n) is 15.4. The second-order valence-corrected chi connectivity index (χ2v) is 15.6. The highest BCUT2D eigenvalue weighted by Crippen LogP contribution is 2.29. The lowest BCUT2D eigenvalue weighted by Gasteiger charge is -2.35. The number of rotatable bonds is 11. The maximum absolute atomic E-state index is 14.4. The Morgan fingerprint density at radius 3 is 2.04 bits per heavy atom. The highest BCUT2D eigenvalue weighted by atomic mass is 35.5. The van der Waals surface area contributed by atoms with Crippen molar-refractivity contribution in [3.05, 3.63) is 99.5 Å². The lowest BCUT2D eigenvalue weighted by Crippen LogP contribution is -2.55. The van der Waals surface area contributed by atoms with Gasteiger partial charge in [-0.2, -0.15) is 0 Å². The molecule has 0 aliphatic heterocycles. The molecule has 1 N–H and O–H groups in total. The number of halogens is 2. The number of anilines is 1. The van der Waals surface area contributed by atoms with Gasteiger partial charge in [0.2, 0.25) is 21.8 Å². The fraction of sp³-hybridized carbons (Fsp3) is 0.429. The fourth-order valence-corrected chi connectivity index (χ4v) is 7.06. The zero-order valence-corrected chi connectivity index (χ0v) is 28.8. The van der Waals surface area contributed by atoms with Crippen molar-refractivity contribution in [2.45, 2.75) is 83.3 Å². The average Bonchev–Trinajstić information content (AvgIpc) is 2.99. The van der Waals surface area contributed by atoms with Crippen molar-refractivity contribution >= 4 is 50.7 Å². The molecule has 0 unspecified atom stereocenters. The minimum Gasteiger partial charge on any atom is -0.352 e. The standard InChI is InChI=1S/C35H43Cl2N3O4S/c1-35(2,3)26-18-20-28(21-19-26)40(45(4,43)44)24-33(41)39(23-29-30(36)16-11-17-31(29)37)32(22-25-12-7-5-8-13-25)34(42)38-27-14-9-6-10-15-27/h5,7-8,11-13,16-21,27,32H,6,9-10,14-15,22-24H2,1-4H3,(H,38,42)/t32-/m1/s1. The number of benzene rings is 3. The summed E-state index contributed by atoms with van der Waals surface area (Å²) in [5, 5.41) is 3.90. The summed E-state index contributed by atoms with van der Waals surface area (Å²) in [6.07, 6.45) is 6.25. The van der Waals surface area contributed by atoms with E-state index in [4.69, 9.17) is 23.2 Å². The van der Waals surface area contributed by atoms with E-state index in [0.29, 0.717) is 21.3 Å². The Labute approximate surface area is 278 Å². The highest BCUT2D eigenvalue weighted by molar-refractivity contribution is 7.92. The second kappa shape index (κ2) is 15.0. The molecule has 3 aromatic rings. The lowest BCUT2D eigenvalue weighted by atomic mass is 9.87. The summed E-state index contributed by atoms with van der Waals surface area (Å²) in [6, 6.07) is 20.8. The van der Waals surface area contributed by atoms with Crippen LogP contribution < -0.4 is 9.62 Å². The van der Waals surface area contributed by atoms with Gasteiger partial charge in [0.05, 0.1) is 11.9 Å². The molecule has 1 atom stereocenters. The predicted octanol–water partition coefficient (Wildman–Crippen LogP) is 7.15. The first-order valence-corrected chi connectivity index (χ1v) is 18.0. The number of carbonyl (C=O) groups is 2. The Morgan fingerprint density at radius 2 is 1.49 bits per heavy atom. The molecule has 3 aromatic carbocycles. The molecule has 7 nitrogen and oxygen atoms in total. The molecule has 0 bridgehead atoms. The van der Waals surface area contributed by atoms with Crippen LogP contribution in [0.2, 0.25) is 10.0 Å². The van der Waals surface area contributed by atoms with E-state index < -0.39 is 28.5 Å². The van der Waals surface area contributed by atoms with Crippen molar-refractivity contribution < 1.29 is 18.0 Å². The van der Waals surface area contributed by atoms with Gasteiger partial charge in [-0.3, -0.25) is 13.9 Å². The van der Waals surface area contributed by atoms with Gasteiger partial charge >= 0.3 is 0 Å². The topological polar surface area (TPSA) is 86.8 Å². The number of hydrogen-bond donors (Lipinski definition) is 1. The van der Waals surface area contributed by atoms with Gasteiger partial charge in [0.25, 0.3) is 0 Å². The van der Waals surface area contributed by atoms with E-state index in [1.807, 2.05) is 42.5 Å². The summed E-state index contributed by atoms with van der Waals surface area (Å²) < 4.78 is 27.3. The van der Waals surface area contributed by atoms with E-state index >= 15 is 0 Å². The number of carbonyl (C=O) groups excluding carboxylic acids is 2. The highest BCUT2D eigenvalue weighted by Gasteiger charge is 2.35. The minimum atomic E-state index is -3.88. The van der Waals surface area contributed by atoms with Crippen LogP contribution in [-0.2, 0) is 38.0 Å². The van der Waals surface area contributed by atoms with Crippen molar-refractivity contribution in [1.82, 2.24) is 10.2 Å². The van der Waals surface area contributed by atoms with Crippen LogP contribution in [0.25, 0.3) is 0 Å². The molecule has 10 heteroatoms. The van der Waals surface area contributed by atoms with Crippen LogP contribution in [0.5, 0.6) is 0 Å². The van der Waals surface area contributed by atoms with Gasteiger partial charge in [-0.05, 0) is 53.6 Å². The van der Waals surface area contributed by atoms with Crippen LogP contribution in [0.4, 0.5) is 5.69 Å².